The van der Waals surface area contributed by atoms with Crippen LogP contribution in [0.5, 0.6) is 0 Å². The predicted molar refractivity (Wildman–Crippen MR) is 173 cm³/mol. The Morgan fingerprint density at radius 3 is 1.60 bits per heavy atom. The van der Waals surface area contributed by atoms with Crippen molar-refractivity contribution in [3.8, 4) is 0 Å². The number of ether oxygens (including phenoxy) is 6. The molecule has 0 radical (unpaired) electrons. The van der Waals surface area contributed by atoms with Crippen molar-refractivity contribution >= 4 is 24.1 Å². The summed E-state index contributed by atoms with van der Waals surface area (Å²) < 4.78 is 33.8. The number of unbranched alkanes of at least 4 members (excludes halogenated alkanes) is 1. The van der Waals surface area contributed by atoms with Crippen molar-refractivity contribution in [1.82, 2.24) is 10.6 Å². The smallest absolute Gasteiger partial charge is 0.407 e. The molecule has 262 valence electrons. The number of carbonyl (C=O) groups is 4. The summed E-state index contributed by atoms with van der Waals surface area (Å²) in [6.45, 7) is 13.1. The molecule has 4 heterocycles. The van der Waals surface area contributed by atoms with E-state index in [0.717, 1.165) is 36.8 Å². The first kappa shape index (κ1) is 34.2. The lowest BCUT2D eigenvalue weighted by atomic mass is 9.84. The summed E-state index contributed by atoms with van der Waals surface area (Å²) in [6.07, 6.45) is 9.62. The molecule has 0 aromatic rings. The fourth-order valence-electron chi connectivity index (χ4n) is 7.57. The third-order valence-electron chi connectivity index (χ3n) is 10.8. The number of amides is 2. The van der Waals surface area contributed by atoms with Crippen LogP contribution in [-0.2, 0) is 38.0 Å². The first-order valence-electron chi connectivity index (χ1n) is 17.3. The Morgan fingerprint density at radius 2 is 1.19 bits per heavy atom. The topological polar surface area (TPSA) is 154 Å². The lowest BCUT2D eigenvalue weighted by molar-refractivity contribution is -0.140. The van der Waals surface area contributed by atoms with Gasteiger partial charge in [-0.25, -0.2) is 19.2 Å². The molecule has 6 rings (SSSR count). The largest absolute Gasteiger partial charge is 0.455 e. The van der Waals surface area contributed by atoms with Gasteiger partial charge >= 0.3 is 24.1 Å². The quantitative estimate of drug-likeness (QED) is 0.0880. The molecule has 6 aliphatic rings. The zero-order valence-electron chi connectivity index (χ0n) is 28.0. The Balaban J connectivity index is 0.849. The molecule has 48 heavy (non-hydrogen) atoms. The molecule has 0 spiro atoms. The van der Waals surface area contributed by atoms with E-state index in [0.29, 0.717) is 62.8 Å². The van der Waals surface area contributed by atoms with Crippen molar-refractivity contribution in [2.24, 2.45) is 11.8 Å². The molecule has 0 saturated carbocycles. The highest BCUT2D eigenvalue weighted by atomic mass is 16.7. The van der Waals surface area contributed by atoms with Crippen molar-refractivity contribution in [3.63, 3.8) is 0 Å². The van der Waals surface area contributed by atoms with Crippen LogP contribution >= 0.6 is 0 Å². The Hall–Kier alpha value is -3.64. The Labute approximate surface area is 281 Å². The lowest BCUT2D eigenvalue weighted by Crippen LogP contribution is -2.30. The number of hydrogen-bond acceptors (Lipinski definition) is 10. The number of alkyl carbamates (subject to hydrolysis) is 2. The normalized spacial score (nSPS) is 37.8. The number of rotatable bonds is 9. The van der Waals surface area contributed by atoms with Gasteiger partial charge in [0.2, 0.25) is 0 Å². The predicted octanol–water partition coefficient (Wildman–Crippen LogP) is 4.73. The standard InChI is InChI=1S/C36H48N2O10/c1-21-25-13-11-23(9-7-15-35(3)29(47-35)27(25)45-31(21)39)19-37-33(41)43-17-5-6-18-44-34(42)38-20-24-10-8-16-36(4)30(48-36)28-26(14-12-24)22(2)32(40)46-28/h9-10,25-30H,1-2,5-8,11-20H2,3-4H3,(H,37,41)(H,38,42)/b23-9+,24-10+/t25-,26?,27-,28-,29-,30-,35+,36+/m0/s1. The molecule has 0 aromatic carbocycles. The van der Waals surface area contributed by atoms with E-state index in [2.05, 4.69) is 35.9 Å². The number of hydrogen-bond donors (Lipinski definition) is 2. The Bertz CT molecular complexity index is 1300. The summed E-state index contributed by atoms with van der Waals surface area (Å²) in [5.41, 5.74) is 2.51. The summed E-state index contributed by atoms with van der Waals surface area (Å²) in [4.78, 5) is 49.1. The number of carbonyl (C=O) groups excluding carboxylic acids is 4. The number of nitrogens with one attached hydrogen (secondary N) is 2. The van der Waals surface area contributed by atoms with Crippen molar-refractivity contribution in [3.05, 3.63) is 47.6 Å². The fourth-order valence-corrected chi connectivity index (χ4v) is 7.57. The zero-order chi connectivity index (χ0) is 34.1. The van der Waals surface area contributed by atoms with Crippen LogP contribution in [0.2, 0.25) is 0 Å². The van der Waals surface area contributed by atoms with Crippen molar-refractivity contribution in [2.45, 2.75) is 114 Å². The molecule has 0 bridgehead atoms. The van der Waals surface area contributed by atoms with E-state index in [1.807, 2.05) is 13.8 Å². The van der Waals surface area contributed by atoms with E-state index in [-0.39, 0.29) is 72.6 Å². The monoisotopic (exact) mass is 668 g/mol. The van der Waals surface area contributed by atoms with E-state index in [4.69, 9.17) is 28.4 Å². The van der Waals surface area contributed by atoms with Gasteiger partial charge in [0, 0.05) is 36.1 Å². The molecule has 12 nitrogen and oxygen atoms in total. The third-order valence-corrected chi connectivity index (χ3v) is 10.8. The van der Waals surface area contributed by atoms with E-state index in [9.17, 15) is 19.2 Å². The van der Waals surface area contributed by atoms with Crippen molar-refractivity contribution < 1.29 is 47.6 Å². The number of epoxide rings is 2. The van der Waals surface area contributed by atoms with E-state index in [1.54, 1.807) is 0 Å². The van der Waals surface area contributed by atoms with Crippen LogP contribution in [0.15, 0.2) is 47.6 Å². The van der Waals surface area contributed by atoms with Crippen LogP contribution in [0.4, 0.5) is 9.59 Å². The number of fused-ring (bicyclic) bond motifs is 6. The van der Waals surface area contributed by atoms with Crippen LogP contribution in [-0.4, -0.2) is 86.0 Å². The molecule has 1 unspecified atom stereocenters. The minimum atomic E-state index is -0.508. The SMILES string of the molecule is C=C1C(=O)O[C@H]2C1CC/C(CNC(=O)OCCCCOC(=O)NC/C1=C/CC[C@@]3(C)O[C@H]3[C@H]3OC(=O)C(=C)[C@@H]3CC1)=C\CC[C@@]1(C)O[C@@H]21. The van der Waals surface area contributed by atoms with Gasteiger partial charge in [-0.05, 0) is 78.1 Å². The molecule has 12 heteroatoms. The van der Waals surface area contributed by atoms with E-state index < -0.39 is 12.2 Å². The summed E-state index contributed by atoms with van der Waals surface area (Å²) in [5.74, 6) is -0.880. The van der Waals surface area contributed by atoms with Gasteiger partial charge in [-0.15, -0.1) is 0 Å². The number of esters is 2. The van der Waals surface area contributed by atoms with E-state index >= 15 is 0 Å². The van der Waals surface area contributed by atoms with Crippen molar-refractivity contribution in [2.75, 3.05) is 26.3 Å². The maximum Gasteiger partial charge on any atom is 0.407 e. The molecule has 8 atom stereocenters. The third kappa shape index (κ3) is 7.64. The molecule has 2 N–H and O–H groups in total. The molecule has 0 aromatic heterocycles. The first-order chi connectivity index (χ1) is 23.0. The second-order valence-electron chi connectivity index (χ2n) is 14.3. The average molecular weight is 669 g/mol. The van der Waals surface area contributed by atoms with Gasteiger partial charge in [-0.2, -0.15) is 0 Å². The minimum absolute atomic E-state index is 0.0886. The maximum atomic E-state index is 12.4. The molecule has 2 amide bonds. The summed E-state index contributed by atoms with van der Waals surface area (Å²) in [6, 6.07) is 0. The van der Waals surface area contributed by atoms with Crippen molar-refractivity contribution in [1.29, 1.82) is 0 Å². The highest BCUT2D eigenvalue weighted by Gasteiger charge is 2.62. The molecule has 4 saturated heterocycles. The highest BCUT2D eigenvalue weighted by molar-refractivity contribution is 5.91. The second-order valence-corrected chi connectivity index (χ2v) is 14.3. The minimum Gasteiger partial charge on any atom is -0.455 e. The zero-order valence-corrected chi connectivity index (χ0v) is 28.0. The average Bonchev–Trinajstić information content (AvgIpc) is 3.86. The van der Waals surface area contributed by atoms with Crippen LogP contribution in [0.1, 0.15) is 78.1 Å². The molecule has 2 aliphatic carbocycles. The highest BCUT2D eigenvalue weighted by Crippen LogP contribution is 2.51. The van der Waals surface area contributed by atoms with Gasteiger partial charge in [0.05, 0.1) is 24.4 Å². The van der Waals surface area contributed by atoms with E-state index in [1.165, 1.54) is 0 Å². The summed E-state index contributed by atoms with van der Waals surface area (Å²) in [5, 5.41) is 5.65. The Morgan fingerprint density at radius 1 is 0.771 bits per heavy atom. The van der Waals surface area contributed by atoms with Gasteiger partial charge < -0.3 is 39.1 Å². The Kier molecular flexibility index (Phi) is 10.0. The lowest BCUT2D eigenvalue weighted by Gasteiger charge is -2.20. The fraction of sp³-hybridized carbons (Fsp3) is 0.667. The molecular formula is C36H48N2O10. The first-order valence-corrected chi connectivity index (χ1v) is 17.3. The second kappa shape index (κ2) is 14.1. The summed E-state index contributed by atoms with van der Waals surface area (Å²) in [7, 11) is 0. The van der Waals surface area contributed by atoms with Crippen LogP contribution in [0.3, 0.4) is 0 Å². The summed E-state index contributed by atoms with van der Waals surface area (Å²) >= 11 is 0. The van der Waals surface area contributed by atoms with Crippen LogP contribution < -0.4 is 10.6 Å². The van der Waals surface area contributed by atoms with Gasteiger partial charge in [-0.3, -0.25) is 0 Å². The number of allylic oxidation sites excluding steroid dienone is 2. The van der Waals surface area contributed by atoms with Crippen LogP contribution in [0.25, 0.3) is 0 Å². The molecule has 4 fully saturated rings. The molecule has 4 aliphatic heterocycles. The van der Waals surface area contributed by atoms with Gasteiger partial charge in [0.1, 0.15) is 24.4 Å². The van der Waals surface area contributed by atoms with Gasteiger partial charge in [0.15, 0.2) is 0 Å². The van der Waals surface area contributed by atoms with Gasteiger partial charge in [-0.1, -0.05) is 36.5 Å². The van der Waals surface area contributed by atoms with Gasteiger partial charge in [0.25, 0.3) is 0 Å². The molecular weight excluding hydrogens is 620 g/mol. The maximum absolute atomic E-state index is 12.4. The van der Waals surface area contributed by atoms with Crippen LogP contribution in [0, 0.1) is 11.8 Å².